The van der Waals surface area contributed by atoms with Crippen molar-refractivity contribution in [2.24, 2.45) is 0 Å². The summed E-state index contributed by atoms with van der Waals surface area (Å²) in [6.07, 6.45) is 1.14. The third-order valence-corrected chi connectivity index (χ3v) is 4.34. The summed E-state index contributed by atoms with van der Waals surface area (Å²) in [6, 6.07) is 5.13. The van der Waals surface area contributed by atoms with Crippen LogP contribution in [0, 0.1) is 5.82 Å². The molecule has 1 aromatic carbocycles. The molecule has 20 heavy (non-hydrogen) atoms. The molecule has 0 spiro atoms. The van der Waals surface area contributed by atoms with E-state index in [4.69, 9.17) is 11.6 Å². The highest BCUT2D eigenvalue weighted by molar-refractivity contribution is 6.30. The molecule has 3 nitrogen and oxygen atoms in total. The van der Waals surface area contributed by atoms with Crippen molar-refractivity contribution in [2.45, 2.75) is 18.5 Å². The zero-order chi connectivity index (χ0) is 14.7. The van der Waals surface area contributed by atoms with Gasteiger partial charge in [-0.05, 0) is 52.8 Å². The molecule has 1 aliphatic rings. The fraction of sp³-hybridized carbons (Fsp3) is 0.600. The molecule has 2 rings (SSSR count). The van der Waals surface area contributed by atoms with E-state index in [0.29, 0.717) is 10.6 Å². The molecule has 0 saturated carbocycles. The number of nitrogens with one attached hydrogen (secondary N) is 1. The lowest BCUT2D eigenvalue weighted by molar-refractivity contribution is 0.180. The third-order valence-electron chi connectivity index (χ3n) is 4.11. The lowest BCUT2D eigenvalue weighted by atomic mass is 9.97. The van der Waals surface area contributed by atoms with E-state index in [1.807, 2.05) is 7.05 Å². The molecular weight excluding hydrogens is 277 g/mol. The second-order valence-corrected chi connectivity index (χ2v) is 6.03. The predicted octanol–water partition coefficient (Wildman–Crippen LogP) is 2.38. The van der Waals surface area contributed by atoms with Crippen molar-refractivity contribution in [2.75, 3.05) is 40.8 Å². The Morgan fingerprint density at radius 1 is 1.35 bits per heavy atom. The number of rotatable bonds is 3. The fourth-order valence-electron chi connectivity index (χ4n) is 2.97. The van der Waals surface area contributed by atoms with Crippen LogP contribution in [0.4, 0.5) is 4.39 Å². The van der Waals surface area contributed by atoms with E-state index >= 15 is 0 Å². The van der Waals surface area contributed by atoms with Gasteiger partial charge >= 0.3 is 0 Å². The van der Waals surface area contributed by atoms with Gasteiger partial charge in [0.05, 0.1) is 6.04 Å². The van der Waals surface area contributed by atoms with E-state index in [2.05, 4.69) is 29.2 Å². The van der Waals surface area contributed by atoms with Gasteiger partial charge in [-0.1, -0.05) is 17.7 Å². The van der Waals surface area contributed by atoms with Crippen LogP contribution in [0.5, 0.6) is 0 Å². The van der Waals surface area contributed by atoms with E-state index < -0.39 is 0 Å². The molecular formula is C15H23ClFN3. The second-order valence-electron chi connectivity index (χ2n) is 5.60. The molecule has 2 atom stereocenters. The second kappa shape index (κ2) is 6.85. The van der Waals surface area contributed by atoms with E-state index in [-0.39, 0.29) is 17.9 Å². The highest BCUT2D eigenvalue weighted by Gasteiger charge is 2.30. The first kappa shape index (κ1) is 15.7. The van der Waals surface area contributed by atoms with Crippen LogP contribution < -0.4 is 5.32 Å². The van der Waals surface area contributed by atoms with Crippen molar-refractivity contribution in [3.63, 3.8) is 0 Å². The highest BCUT2D eigenvalue weighted by Crippen LogP contribution is 2.26. The minimum atomic E-state index is -0.239. The largest absolute Gasteiger partial charge is 0.312 e. The van der Waals surface area contributed by atoms with Gasteiger partial charge in [0.15, 0.2) is 0 Å². The number of nitrogens with zero attached hydrogens (tertiary/aromatic N) is 2. The van der Waals surface area contributed by atoms with E-state index in [9.17, 15) is 4.39 Å². The van der Waals surface area contributed by atoms with Crippen LogP contribution in [0.1, 0.15) is 18.0 Å². The molecule has 0 aliphatic carbocycles. The molecule has 0 radical (unpaired) electrons. The SMILES string of the molecule is CNC(c1ccc(Cl)cc1F)C1CN(C)CCCN1C. The van der Waals surface area contributed by atoms with Crippen LogP contribution in [0.15, 0.2) is 18.2 Å². The minimum absolute atomic E-state index is 0.0437. The first-order valence-corrected chi connectivity index (χ1v) is 7.41. The predicted molar refractivity (Wildman–Crippen MR) is 81.7 cm³/mol. The maximum absolute atomic E-state index is 14.2. The van der Waals surface area contributed by atoms with Gasteiger partial charge in [0.2, 0.25) is 0 Å². The average Bonchev–Trinajstić information content (AvgIpc) is 2.55. The third kappa shape index (κ3) is 3.50. The zero-order valence-corrected chi connectivity index (χ0v) is 13.1. The first-order valence-electron chi connectivity index (χ1n) is 7.04. The molecule has 5 heteroatoms. The van der Waals surface area contributed by atoms with E-state index in [0.717, 1.165) is 26.1 Å². The number of hydrogen-bond acceptors (Lipinski definition) is 3. The van der Waals surface area contributed by atoms with Crippen LogP contribution >= 0.6 is 11.6 Å². The molecule has 1 fully saturated rings. The molecule has 2 unspecified atom stereocenters. The maximum atomic E-state index is 14.2. The monoisotopic (exact) mass is 299 g/mol. The van der Waals surface area contributed by atoms with Gasteiger partial charge < -0.3 is 15.1 Å². The lowest BCUT2D eigenvalue weighted by Crippen LogP contribution is -2.46. The average molecular weight is 300 g/mol. The Labute approximate surface area is 125 Å². The summed E-state index contributed by atoms with van der Waals surface area (Å²) in [5, 5.41) is 3.71. The van der Waals surface area contributed by atoms with Gasteiger partial charge in [-0.3, -0.25) is 0 Å². The molecule has 1 heterocycles. The molecule has 1 aliphatic heterocycles. The van der Waals surface area contributed by atoms with E-state index in [1.54, 1.807) is 12.1 Å². The molecule has 1 saturated heterocycles. The molecule has 0 aromatic heterocycles. The standard InChI is InChI=1S/C15H23ClFN3/c1-18-15(12-6-5-11(16)9-13(12)17)14-10-19(2)7-4-8-20(14)3/h5-6,9,14-15,18H,4,7-8,10H2,1-3H3. The quantitative estimate of drug-likeness (QED) is 0.924. The van der Waals surface area contributed by atoms with Crippen LogP contribution in [-0.2, 0) is 0 Å². The highest BCUT2D eigenvalue weighted by atomic mass is 35.5. The summed E-state index contributed by atoms with van der Waals surface area (Å²) in [4.78, 5) is 4.63. The summed E-state index contributed by atoms with van der Waals surface area (Å²) in [7, 11) is 6.12. The smallest absolute Gasteiger partial charge is 0.129 e. The summed E-state index contributed by atoms with van der Waals surface area (Å²) in [5.41, 5.74) is 0.684. The van der Waals surface area contributed by atoms with Gasteiger partial charge in [-0.25, -0.2) is 4.39 Å². The van der Waals surface area contributed by atoms with Gasteiger partial charge in [0, 0.05) is 23.2 Å². The zero-order valence-electron chi connectivity index (χ0n) is 12.4. The van der Waals surface area contributed by atoms with Gasteiger partial charge in [0.1, 0.15) is 5.82 Å². The summed E-state index contributed by atoms with van der Waals surface area (Å²) in [6.45, 7) is 3.03. The molecule has 1 aromatic rings. The van der Waals surface area contributed by atoms with Crippen molar-refractivity contribution in [1.29, 1.82) is 0 Å². The normalized spacial score (nSPS) is 23.6. The lowest BCUT2D eigenvalue weighted by Gasteiger charge is -2.34. The van der Waals surface area contributed by atoms with Crippen molar-refractivity contribution in [3.8, 4) is 0 Å². The number of benzene rings is 1. The van der Waals surface area contributed by atoms with Gasteiger partial charge in [-0.2, -0.15) is 0 Å². The number of likely N-dealkylation sites (N-methyl/N-ethyl adjacent to an activating group) is 3. The molecule has 1 N–H and O–H groups in total. The Bertz CT molecular complexity index is 455. The number of hydrogen-bond donors (Lipinski definition) is 1. The van der Waals surface area contributed by atoms with Crippen molar-refractivity contribution in [1.82, 2.24) is 15.1 Å². The molecule has 0 bridgehead atoms. The Morgan fingerprint density at radius 2 is 2.10 bits per heavy atom. The maximum Gasteiger partial charge on any atom is 0.129 e. The Morgan fingerprint density at radius 3 is 2.75 bits per heavy atom. The summed E-state index contributed by atoms with van der Waals surface area (Å²) >= 11 is 5.85. The Balaban J connectivity index is 2.29. The fourth-order valence-corrected chi connectivity index (χ4v) is 3.13. The Kier molecular flexibility index (Phi) is 5.38. The van der Waals surface area contributed by atoms with Crippen LogP contribution in [0.3, 0.4) is 0 Å². The van der Waals surface area contributed by atoms with Crippen molar-refractivity contribution < 1.29 is 4.39 Å². The van der Waals surface area contributed by atoms with Gasteiger partial charge in [-0.15, -0.1) is 0 Å². The molecule has 112 valence electrons. The summed E-state index contributed by atoms with van der Waals surface area (Å²) in [5.74, 6) is -0.239. The summed E-state index contributed by atoms with van der Waals surface area (Å²) < 4.78 is 14.2. The van der Waals surface area contributed by atoms with Crippen molar-refractivity contribution in [3.05, 3.63) is 34.6 Å². The number of halogens is 2. The minimum Gasteiger partial charge on any atom is -0.312 e. The Hall–Kier alpha value is -0.680. The molecule has 0 amide bonds. The van der Waals surface area contributed by atoms with Crippen LogP contribution in [0.2, 0.25) is 5.02 Å². The van der Waals surface area contributed by atoms with Crippen LogP contribution in [0.25, 0.3) is 0 Å². The van der Waals surface area contributed by atoms with E-state index in [1.165, 1.54) is 6.07 Å². The topological polar surface area (TPSA) is 18.5 Å². The van der Waals surface area contributed by atoms with Crippen LogP contribution in [-0.4, -0.2) is 56.6 Å². The van der Waals surface area contributed by atoms with Crippen molar-refractivity contribution >= 4 is 11.6 Å². The first-order chi connectivity index (χ1) is 9.52. The van der Waals surface area contributed by atoms with Gasteiger partial charge in [0.25, 0.3) is 0 Å².